The molecular weight excluding hydrogens is 240 g/mol. The van der Waals surface area contributed by atoms with Crippen molar-refractivity contribution in [1.29, 1.82) is 0 Å². The first-order valence-corrected chi connectivity index (χ1v) is 6.23. The van der Waals surface area contributed by atoms with Gasteiger partial charge in [0, 0.05) is 29.0 Å². The second kappa shape index (κ2) is 4.42. The third-order valence-corrected chi connectivity index (χ3v) is 3.39. The van der Waals surface area contributed by atoms with Crippen LogP contribution in [-0.4, -0.2) is 21.6 Å². The SMILES string of the molecule is Cc1ncnc2cc(C3=NNC(=O)CC3C)ccc12. The van der Waals surface area contributed by atoms with Gasteiger partial charge in [-0.3, -0.25) is 4.79 Å². The number of nitrogens with zero attached hydrogens (tertiary/aromatic N) is 3. The number of nitrogens with one attached hydrogen (secondary N) is 1. The molecule has 3 rings (SSSR count). The van der Waals surface area contributed by atoms with Crippen molar-refractivity contribution in [3.05, 3.63) is 35.8 Å². The highest BCUT2D eigenvalue weighted by molar-refractivity contribution is 6.07. The Morgan fingerprint density at radius 2 is 2.16 bits per heavy atom. The van der Waals surface area contributed by atoms with Crippen LogP contribution in [0, 0.1) is 12.8 Å². The zero-order valence-electron chi connectivity index (χ0n) is 10.8. The molecule has 1 aliphatic rings. The highest BCUT2D eigenvalue weighted by Crippen LogP contribution is 2.21. The molecule has 1 aromatic heterocycles. The number of aryl methyl sites for hydroxylation is 1. The van der Waals surface area contributed by atoms with Crippen LogP contribution < -0.4 is 5.43 Å². The third kappa shape index (κ3) is 2.07. The van der Waals surface area contributed by atoms with E-state index < -0.39 is 0 Å². The summed E-state index contributed by atoms with van der Waals surface area (Å²) in [6, 6.07) is 6.01. The molecule has 5 heteroatoms. The summed E-state index contributed by atoms with van der Waals surface area (Å²) in [5.41, 5.74) is 6.30. The fraction of sp³-hybridized carbons (Fsp3) is 0.286. The Balaban J connectivity index is 2.09. The molecule has 1 N–H and O–H groups in total. The quantitative estimate of drug-likeness (QED) is 0.843. The number of carbonyl (C=O) groups is 1. The van der Waals surface area contributed by atoms with Gasteiger partial charge in [0.15, 0.2) is 0 Å². The first kappa shape index (κ1) is 11.8. The Morgan fingerprint density at radius 3 is 2.95 bits per heavy atom. The van der Waals surface area contributed by atoms with Crippen LogP contribution in [-0.2, 0) is 4.79 Å². The second-order valence-corrected chi connectivity index (χ2v) is 4.83. The highest BCUT2D eigenvalue weighted by atomic mass is 16.2. The molecule has 19 heavy (non-hydrogen) atoms. The Bertz CT molecular complexity index is 693. The van der Waals surface area contributed by atoms with E-state index in [1.54, 1.807) is 6.33 Å². The number of carbonyl (C=O) groups excluding carboxylic acids is 1. The molecule has 1 aromatic carbocycles. The summed E-state index contributed by atoms with van der Waals surface area (Å²) in [6.07, 6.45) is 2.04. The molecule has 1 aliphatic heterocycles. The lowest BCUT2D eigenvalue weighted by Crippen LogP contribution is -2.31. The maximum absolute atomic E-state index is 11.3. The Kier molecular flexibility index (Phi) is 2.74. The molecule has 2 aromatic rings. The monoisotopic (exact) mass is 254 g/mol. The van der Waals surface area contributed by atoms with Gasteiger partial charge < -0.3 is 0 Å². The fourth-order valence-corrected chi connectivity index (χ4v) is 2.35. The molecule has 0 saturated carbocycles. The molecule has 5 nitrogen and oxygen atoms in total. The Morgan fingerprint density at radius 1 is 1.32 bits per heavy atom. The lowest BCUT2D eigenvalue weighted by Gasteiger charge is -2.19. The Hall–Kier alpha value is -2.30. The van der Waals surface area contributed by atoms with Crippen LogP contribution in [0.5, 0.6) is 0 Å². The standard InChI is InChI=1S/C14H14N4O/c1-8-5-13(19)17-18-14(8)10-3-4-11-9(2)15-7-16-12(11)6-10/h3-4,6-8H,5H2,1-2H3,(H,17,19). The smallest absolute Gasteiger partial charge is 0.240 e. The number of hydrogen-bond donors (Lipinski definition) is 1. The summed E-state index contributed by atoms with van der Waals surface area (Å²) < 4.78 is 0. The molecule has 2 heterocycles. The van der Waals surface area contributed by atoms with Gasteiger partial charge in [-0.25, -0.2) is 15.4 Å². The molecule has 1 atom stereocenters. The summed E-state index contributed by atoms with van der Waals surface area (Å²) in [5, 5.41) is 5.21. The van der Waals surface area contributed by atoms with Crippen LogP contribution in [0.3, 0.4) is 0 Å². The van der Waals surface area contributed by atoms with Crippen LogP contribution in [0.2, 0.25) is 0 Å². The molecular formula is C14H14N4O. The van der Waals surface area contributed by atoms with Crippen LogP contribution in [0.15, 0.2) is 29.6 Å². The maximum atomic E-state index is 11.3. The van der Waals surface area contributed by atoms with E-state index in [0.717, 1.165) is 27.9 Å². The van der Waals surface area contributed by atoms with Gasteiger partial charge in [-0.05, 0) is 13.0 Å². The number of amides is 1. The second-order valence-electron chi connectivity index (χ2n) is 4.83. The highest BCUT2D eigenvalue weighted by Gasteiger charge is 2.21. The largest absolute Gasteiger partial charge is 0.273 e. The topological polar surface area (TPSA) is 67.2 Å². The molecule has 0 saturated heterocycles. The number of aromatic nitrogens is 2. The van der Waals surface area contributed by atoms with Crippen LogP contribution in [0.4, 0.5) is 0 Å². The van der Waals surface area contributed by atoms with E-state index >= 15 is 0 Å². The number of rotatable bonds is 1. The van der Waals surface area contributed by atoms with Gasteiger partial charge in [0.2, 0.25) is 5.91 Å². The molecule has 0 spiro atoms. The number of fused-ring (bicyclic) bond motifs is 1. The maximum Gasteiger partial charge on any atom is 0.240 e. The van der Waals surface area contributed by atoms with Crippen molar-refractivity contribution in [3.63, 3.8) is 0 Å². The molecule has 96 valence electrons. The number of hydrazone groups is 1. The van der Waals surface area contributed by atoms with Crippen molar-refractivity contribution >= 4 is 22.5 Å². The summed E-state index contributed by atoms with van der Waals surface area (Å²) >= 11 is 0. The van der Waals surface area contributed by atoms with Gasteiger partial charge in [0.1, 0.15) is 6.33 Å². The summed E-state index contributed by atoms with van der Waals surface area (Å²) in [6.45, 7) is 3.97. The van der Waals surface area contributed by atoms with E-state index in [0.29, 0.717) is 6.42 Å². The van der Waals surface area contributed by atoms with E-state index in [1.807, 2.05) is 32.0 Å². The fourth-order valence-electron chi connectivity index (χ4n) is 2.35. The molecule has 0 bridgehead atoms. The lowest BCUT2D eigenvalue weighted by atomic mass is 9.93. The minimum absolute atomic E-state index is 0.0322. The first-order chi connectivity index (χ1) is 9.15. The molecule has 0 radical (unpaired) electrons. The predicted molar refractivity (Wildman–Crippen MR) is 72.7 cm³/mol. The minimum Gasteiger partial charge on any atom is -0.273 e. The van der Waals surface area contributed by atoms with Crippen LogP contribution in [0.1, 0.15) is 24.6 Å². The minimum atomic E-state index is -0.0322. The average molecular weight is 254 g/mol. The van der Waals surface area contributed by atoms with Crippen molar-refractivity contribution < 1.29 is 4.79 Å². The van der Waals surface area contributed by atoms with E-state index in [-0.39, 0.29) is 11.8 Å². The average Bonchev–Trinajstić information content (AvgIpc) is 2.38. The zero-order valence-corrected chi connectivity index (χ0v) is 10.8. The van der Waals surface area contributed by atoms with E-state index in [1.165, 1.54) is 0 Å². The third-order valence-electron chi connectivity index (χ3n) is 3.39. The van der Waals surface area contributed by atoms with Gasteiger partial charge in [0.05, 0.1) is 11.2 Å². The van der Waals surface area contributed by atoms with Gasteiger partial charge in [-0.15, -0.1) is 0 Å². The summed E-state index contributed by atoms with van der Waals surface area (Å²) in [7, 11) is 0. The van der Waals surface area contributed by atoms with E-state index in [4.69, 9.17) is 0 Å². The van der Waals surface area contributed by atoms with Crippen LogP contribution >= 0.6 is 0 Å². The summed E-state index contributed by atoms with van der Waals surface area (Å²) in [4.78, 5) is 19.7. The van der Waals surface area contributed by atoms with Crippen molar-refractivity contribution in [3.8, 4) is 0 Å². The molecule has 1 unspecified atom stereocenters. The zero-order chi connectivity index (χ0) is 13.4. The van der Waals surface area contributed by atoms with Crippen molar-refractivity contribution in [2.24, 2.45) is 11.0 Å². The summed E-state index contributed by atoms with van der Waals surface area (Å²) in [5.74, 6) is 0.0874. The lowest BCUT2D eigenvalue weighted by molar-refractivity contribution is -0.121. The van der Waals surface area contributed by atoms with Crippen molar-refractivity contribution in [2.75, 3.05) is 0 Å². The van der Waals surface area contributed by atoms with Crippen molar-refractivity contribution in [2.45, 2.75) is 20.3 Å². The molecule has 0 aliphatic carbocycles. The van der Waals surface area contributed by atoms with E-state index in [9.17, 15) is 4.79 Å². The van der Waals surface area contributed by atoms with E-state index in [2.05, 4.69) is 20.5 Å². The predicted octanol–water partition coefficient (Wildman–Crippen LogP) is 1.80. The molecule has 0 fully saturated rings. The van der Waals surface area contributed by atoms with Crippen LogP contribution in [0.25, 0.3) is 10.9 Å². The molecule has 1 amide bonds. The number of benzene rings is 1. The van der Waals surface area contributed by atoms with Gasteiger partial charge >= 0.3 is 0 Å². The first-order valence-electron chi connectivity index (χ1n) is 6.23. The van der Waals surface area contributed by atoms with Gasteiger partial charge in [-0.2, -0.15) is 5.10 Å². The van der Waals surface area contributed by atoms with Gasteiger partial charge in [0.25, 0.3) is 0 Å². The number of hydrogen-bond acceptors (Lipinski definition) is 4. The normalized spacial score (nSPS) is 19.2. The Labute approximate surface area is 110 Å². The van der Waals surface area contributed by atoms with Crippen molar-refractivity contribution in [1.82, 2.24) is 15.4 Å². The van der Waals surface area contributed by atoms with Gasteiger partial charge in [-0.1, -0.05) is 19.1 Å².